The van der Waals surface area contributed by atoms with Crippen molar-refractivity contribution >= 4 is 11.9 Å². The highest BCUT2D eigenvalue weighted by atomic mass is 19.1. The van der Waals surface area contributed by atoms with Gasteiger partial charge in [0, 0.05) is 12.2 Å². The normalized spacial score (nSPS) is 17.5. The Morgan fingerprint density at radius 2 is 2.00 bits per heavy atom. The summed E-state index contributed by atoms with van der Waals surface area (Å²) in [5.74, 6) is -1.74. The van der Waals surface area contributed by atoms with E-state index in [-0.39, 0.29) is 17.4 Å². The predicted molar refractivity (Wildman–Crippen MR) is 80.0 cm³/mol. The number of amides is 1. The van der Waals surface area contributed by atoms with Crippen molar-refractivity contribution in [2.24, 2.45) is 0 Å². The minimum absolute atomic E-state index is 0.194. The molecule has 1 aliphatic rings. The number of carbonyl (C=O) groups is 2. The van der Waals surface area contributed by atoms with Crippen molar-refractivity contribution in [3.8, 4) is 5.69 Å². The van der Waals surface area contributed by atoms with Gasteiger partial charge in [-0.25, -0.2) is 13.9 Å². The number of halogens is 1. The Labute approximate surface area is 132 Å². The molecule has 120 valence electrons. The number of carbonyl (C=O) groups excluding carboxylic acids is 1. The predicted octanol–water partition coefficient (Wildman–Crippen LogP) is 2.01. The van der Waals surface area contributed by atoms with Crippen molar-refractivity contribution in [2.45, 2.75) is 25.8 Å². The Bertz CT molecular complexity index is 754. The van der Waals surface area contributed by atoms with Gasteiger partial charge in [-0.05, 0) is 50.1 Å². The standard InChI is InChI=1S/C16H16FN3O3/c1-10-9-13(15(21)19-8-2-3-14(19)16(22)23)18-20(10)12-6-4-11(17)5-7-12/h4-7,9,14H,2-3,8H2,1H3,(H,22,23)/t14-/m0/s1. The van der Waals surface area contributed by atoms with Crippen molar-refractivity contribution in [1.29, 1.82) is 0 Å². The molecule has 1 saturated heterocycles. The second-order valence-corrected chi connectivity index (χ2v) is 5.55. The highest BCUT2D eigenvalue weighted by molar-refractivity contribution is 5.95. The SMILES string of the molecule is Cc1cc(C(=O)N2CCC[C@H]2C(=O)O)nn1-c1ccc(F)cc1. The molecule has 0 spiro atoms. The number of aliphatic carboxylic acids is 1. The van der Waals surface area contributed by atoms with Crippen LogP contribution < -0.4 is 0 Å². The molecule has 1 aromatic carbocycles. The van der Waals surface area contributed by atoms with E-state index in [1.165, 1.54) is 17.0 Å². The fourth-order valence-electron chi connectivity index (χ4n) is 2.84. The molecule has 1 amide bonds. The summed E-state index contributed by atoms with van der Waals surface area (Å²) in [6.07, 6.45) is 1.12. The van der Waals surface area contributed by atoms with Gasteiger partial charge in [0.05, 0.1) is 5.69 Å². The summed E-state index contributed by atoms with van der Waals surface area (Å²) in [5.41, 5.74) is 1.55. The van der Waals surface area contributed by atoms with E-state index in [9.17, 15) is 19.1 Å². The second kappa shape index (κ2) is 5.83. The summed E-state index contributed by atoms with van der Waals surface area (Å²) in [6, 6.07) is 6.60. The van der Waals surface area contributed by atoms with Gasteiger partial charge >= 0.3 is 5.97 Å². The highest BCUT2D eigenvalue weighted by Gasteiger charge is 2.35. The fraction of sp³-hybridized carbons (Fsp3) is 0.312. The molecule has 0 aliphatic carbocycles. The summed E-state index contributed by atoms with van der Waals surface area (Å²) in [6.45, 7) is 2.20. The Morgan fingerprint density at radius 3 is 2.65 bits per heavy atom. The van der Waals surface area contributed by atoms with Gasteiger partial charge in [-0.3, -0.25) is 4.79 Å². The molecule has 1 N–H and O–H groups in total. The highest BCUT2D eigenvalue weighted by Crippen LogP contribution is 2.21. The monoisotopic (exact) mass is 317 g/mol. The van der Waals surface area contributed by atoms with E-state index in [2.05, 4.69) is 5.10 Å². The van der Waals surface area contributed by atoms with Crippen LogP contribution in [0, 0.1) is 12.7 Å². The number of benzene rings is 1. The van der Waals surface area contributed by atoms with E-state index in [1.807, 2.05) is 0 Å². The summed E-state index contributed by atoms with van der Waals surface area (Å²) in [7, 11) is 0. The third kappa shape index (κ3) is 2.81. The molecule has 3 rings (SSSR count). The van der Waals surface area contributed by atoms with Gasteiger partial charge in [-0.2, -0.15) is 5.10 Å². The molecule has 7 heteroatoms. The lowest BCUT2D eigenvalue weighted by molar-refractivity contribution is -0.141. The Hall–Kier alpha value is -2.70. The van der Waals surface area contributed by atoms with Crippen molar-refractivity contribution in [1.82, 2.24) is 14.7 Å². The van der Waals surface area contributed by atoms with Gasteiger partial charge in [-0.1, -0.05) is 0 Å². The number of carboxylic acid groups (broad SMARTS) is 1. The van der Waals surface area contributed by atoms with Crippen LogP contribution in [0.3, 0.4) is 0 Å². The fourth-order valence-corrected chi connectivity index (χ4v) is 2.84. The number of likely N-dealkylation sites (tertiary alicyclic amines) is 1. The zero-order chi connectivity index (χ0) is 16.6. The summed E-state index contributed by atoms with van der Waals surface area (Å²) >= 11 is 0. The van der Waals surface area contributed by atoms with Crippen molar-refractivity contribution in [2.75, 3.05) is 6.54 Å². The van der Waals surface area contributed by atoms with Crippen LogP contribution in [-0.4, -0.2) is 44.3 Å². The summed E-state index contributed by atoms with van der Waals surface area (Å²) in [5, 5.41) is 13.4. The van der Waals surface area contributed by atoms with E-state index in [4.69, 9.17) is 0 Å². The molecular weight excluding hydrogens is 301 g/mol. The van der Waals surface area contributed by atoms with Gasteiger partial charge in [-0.15, -0.1) is 0 Å². The molecule has 1 aromatic heterocycles. The molecule has 0 saturated carbocycles. The maximum absolute atomic E-state index is 13.0. The third-order valence-corrected chi connectivity index (χ3v) is 3.98. The number of nitrogens with zero attached hydrogens (tertiary/aromatic N) is 3. The molecule has 0 unspecified atom stereocenters. The number of hydrogen-bond donors (Lipinski definition) is 1. The first kappa shape index (κ1) is 15.2. The summed E-state index contributed by atoms with van der Waals surface area (Å²) in [4.78, 5) is 25.1. The Morgan fingerprint density at radius 1 is 1.30 bits per heavy atom. The number of hydrogen-bond acceptors (Lipinski definition) is 3. The maximum atomic E-state index is 13.0. The molecule has 2 heterocycles. The van der Waals surface area contributed by atoms with Crippen molar-refractivity contribution in [3.05, 3.63) is 47.5 Å². The summed E-state index contributed by atoms with van der Waals surface area (Å²) < 4.78 is 14.6. The van der Waals surface area contributed by atoms with Crippen LogP contribution in [0.2, 0.25) is 0 Å². The average Bonchev–Trinajstić information content (AvgIpc) is 3.14. The number of carboxylic acids is 1. The lowest BCUT2D eigenvalue weighted by Crippen LogP contribution is -2.40. The third-order valence-electron chi connectivity index (χ3n) is 3.98. The molecule has 6 nitrogen and oxygen atoms in total. The first-order valence-corrected chi connectivity index (χ1v) is 7.34. The van der Waals surface area contributed by atoms with Crippen LogP contribution in [0.1, 0.15) is 29.0 Å². The molecule has 1 aliphatic heterocycles. The zero-order valence-electron chi connectivity index (χ0n) is 12.6. The number of rotatable bonds is 3. The molecule has 23 heavy (non-hydrogen) atoms. The van der Waals surface area contributed by atoms with Gasteiger partial charge in [0.1, 0.15) is 11.9 Å². The van der Waals surface area contributed by atoms with Gasteiger partial charge < -0.3 is 10.0 Å². The minimum atomic E-state index is -0.995. The Kier molecular flexibility index (Phi) is 3.85. The maximum Gasteiger partial charge on any atom is 0.326 e. The van der Waals surface area contributed by atoms with Gasteiger partial charge in [0.25, 0.3) is 5.91 Å². The average molecular weight is 317 g/mol. The number of aryl methyl sites for hydroxylation is 1. The molecular formula is C16H16FN3O3. The topological polar surface area (TPSA) is 75.4 Å². The van der Waals surface area contributed by atoms with E-state index in [1.54, 1.807) is 29.8 Å². The first-order chi connectivity index (χ1) is 11.0. The van der Waals surface area contributed by atoms with Crippen molar-refractivity contribution < 1.29 is 19.1 Å². The van der Waals surface area contributed by atoms with Crippen LogP contribution in [0.4, 0.5) is 4.39 Å². The molecule has 2 aromatic rings. The van der Waals surface area contributed by atoms with E-state index in [0.29, 0.717) is 30.8 Å². The van der Waals surface area contributed by atoms with E-state index in [0.717, 1.165) is 0 Å². The number of aromatic nitrogens is 2. The smallest absolute Gasteiger partial charge is 0.326 e. The first-order valence-electron chi connectivity index (χ1n) is 7.34. The quantitative estimate of drug-likeness (QED) is 0.939. The Balaban J connectivity index is 1.90. The van der Waals surface area contributed by atoms with E-state index < -0.39 is 12.0 Å². The largest absolute Gasteiger partial charge is 0.480 e. The van der Waals surface area contributed by atoms with Crippen molar-refractivity contribution in [3.63, 3.8) is 0 Å². The molecule has 0 bridgehead atoms. The van der Waals surface area contributed by atoms with Crippen LogP contribution >= 0.6 is 0 Å². The van der Waals surface area contributed by atoms with Crippen LogP contribution in [0.15, 0.2) is 30.3 Å². The van der Waals surface area contributed by atoms with Gasteiger partial charge in [0.15, 0.2) is 5.69 Å². The second-order valence-electron chi connectivity index (χ2n) is 5.55. The lowest BCUT2D eigenvalue weighted by Gasteiger charge is -2.20. The minimum Gasteiger partial charge on any atom is -0.480 e. The van der Waals surface area contributed by atoms with Crippen LogP contribution in [-0.2, 0) is 4.79 Å². The lowest BCUT2D eigenvalue weighted by atomic mass is 10.2. The molecule has 0 radical (unpaired) electrons. The molecule has 1 fully saturated rings. The van der Waals surface area contributed by atoms with Crippen LogP contribution in [0.25, 0.3) is 5.69 Å². The van der Waals surface area contributed by atoms with Gasteiger partial charge in [0.2, 0.25) is 0 Å². The van der Waals surface area contributed by atoms with E-state index >= 15 is 0 Å². The zero-order valence-corrected chi connectivity index (χ0v) is 12.6. The van der Waals surface area contributed by atoms with Crippen LogP contribution in [0.5, 0.6) is 0 Å². The molecule has 1 atom stereocenters.